The molecule has 2 amide bonds. The van der Waals surface area contributed by atoms with E-state index in [0.717, 1.165) is 35.1 Å². The number of anilines is 1. The molecule has 1 saturated heterocycles. The van der Waals surface area contributed by atoms with Crippen LogP contribution in [0.1, 0.15) is 47.2 Å². The Morgan fingerprint density at radius 1 is 0.974 bits per heavy atom. The molecule has 6 rings (SSSR count). The van der Waals surface area contributed by atoms with Crippen LogP contribution in [0.25, 0.3) is 11.1 Å². The molecule has 1 aliphatic carbocycles. The number of fused-ring (bicyclic) bond motifs is 1. The summed E-state index contributed by atoms with van der Waals surface area (Å²) in [5.41, 5.74) is 4.40. The molecule has 8 heteroatoms. The molecule has 8 nitrogen and oxygen atoms in total. The Morgan fingerprint density at radius 3 is 2.47 bits per heavy atom. The standard InChI is InChI=1S/C30H28N2O6/c1-18-4-10-22(31-29(36)30(12-13-30)21-9-11-25-26(15-21)38-17-37-25)16-23(18)19-5-7-20(8-6-19)27(33)32-14-2-3-24(32)28(34)35/h4-11,15-16,24H,2-3,12-14,17H2,1H3,(H,31,36)(H,34,35). The maximum absolute atomic E-state index is 13.4. The van der Waals surface area contributed by atoms with Crippen molar-refractivity contribution >= 4 is 23.5 Å². The largest absolute Gasteiger partial charge is 0.480 e. The van der Waals surface area contributed by atoms with Crippen molar-refractivity contribution in [1.29, 1.82) is 0 Å². The van der Waals surface area contributed by atoms with Crippen molar-refractivity contribution < 1.29 is 29.0 Å². The molecule has 1 saturated carbocycles. The van der Waals surface area contributed by atoms with Crippen molar-refractivity contribution in [3.05, 3.63) is 77.4 Å². The molecule has 3 aromatic rings. The zero-order chi connectivity index (χ0) is 26.4. The predicted octanol–water partition coefficient (Wildman–Crippen LogP) is 4.75. The summed E-state index contributed by atoms with van der Waals surface area (Å²) in [4.78, 5) is 39.2. The lowest BCUT2D eigenvalue weighted by Gasteiger charge is -2.21. The summed E-state index contributed by atoms with van der Waals surface area (Å²) >= 11 is 0. The first kappa shape index (κ1) is 24.0. The molecule has 1 unspecified atom stereocenters. The van der Waals surface area contributed by atoms with Gasteiger partial charge in [0.05, 0.1) is 5.41 Å². The highest BCUT2D eigenvalue weighted by Crippen LogP contribution is 2.51. The van der Waals surface area contributed by atoms with Gasteiger partial charge in [0.2, 0.25) is 12.7 Å². The molecule has 2 N–H and O–H groups in total. The first-order chi connectivity index (χ1) is 18.4. The van der Waals surface area contributed by atoms with Gasteiger partial charge in [-0.2, -0.15) is 0 Å². The molecule has 3 aliphatic rings. The number of carbonyl (C=O) groups is 3. The molecule has 2 aliphatic heterocycles. The van der Waals surface area contributed by atoms with Gasteiger partial charge in [0.1, 0.15) is 6.04 Å². The lowest BCUT2D eigenvalue weighted by Crippen LogP contribution is -2.40. The first-order valence-corrected chi connectivity index (χ1v) is 12.8. The van der Waals surface area contributed by atoms with Crippen LogP contribution in [0, 0.1) is 6.92 Å². The molecular formula is C30H28N2O6. The number of amides is 2. The number of carboxylic acid groups (broad SMARTS) is 1. The van der Waals surface area contributed by atoms with Gasteiger partial charge in [-0.15, -0.1) is 0 Å². The normalized spacial score (nSPS) is 18.8. The van der Waals surface area contributed by atoms with E-state index in [4.69, 9.17) is 9.47 Å². The van der Waals surface area contributed by atoms with E-state index in [2.05, 4.69) is 5.32 Å². The van der Waals surface area contributed by atoms with Crippen LogP contribution in [0.15, 0.2) is 60.7 Å². The summed E-state index contributed by atoms with van der Waals surface area (Å²) in [5, 5.41) is 12.5. The van der Waals surface area contributed by atoms with Crippen LogP contribution in [0.5, 0.6) is 11.5 Å². The van der Waals surface area contributed by atoms with Gasteiger partial charge < -0.3 is 24.8 Å². The van der Waals surface area contributed by atoms with E-state index in [-0.39, 0.29) is 18.6 Å². The van der Waals surface area contributed by atoms with Crippen LogP contribution < -0.4 is 14.8 Å². The van der Waals surface area contributed by atoms with E-state index < -0.39 is 17.4 Å². The average molecular weight is 513 g/mol. The average Bonchev–Trinajstić information content (AvgIpc) is 3.35. The van der Waals surface area contributed by atoms with Gasteiger partial charge in [-0.3, -0.25) is 9.59 Å². The van der Waals surface area contributed by atoms with Gasteiger partial charge >= 0.3 is 5.97 Å². The Morgan fingerprint density at radius 2 is 1.74 bits per heavy atom. The fourth-order valence-electron chi connectivity index (χ4n) is 5.45. The Balaban J connectivity index is 1.20. The van der Waals surface area contributed by atoms with Crippen LogP contribution in [0.2, 0.25) is 0 Å². The molecule has 3 aromatic carbocycles. The number of nitrogens with one attached hydrogen (secondary N) is 1. The van der Waals surface area contributed by atoms with E-state index >= 15 is 0 Å². The van der Waals surface area contributed by atoms with Crippen LogP contribution in [0.4, 0.5) is 5.69 Å². The van der Waals surface area contributed by atoms with Crippen molar-refractivity contribution in [2.45, 2.75) is 44.1 Å². The fourth-order valence-corrected chi connectivity index (χ4v) is 5.45. The highest BCUT2D eigenvalue weighted by molar-refractivity contribution is 6.02. The van der Waals surface area contributed by atoms with Gasteiger partial charge in [0.25, 0.3) is 5.91 Å². The number of nitrogens with zero attached hydrogens (tertiary/aromatic N) is 1. The SMILES string of the molecule is Cc1ccc(NC(=O)C2(c3ccc4c(c3)OCO4)CC2)cc1-c1ccc(C(=O)N2CCCC2C(=O)O)cc1. The van der Waals surface area contributed by atoms with Gasteiger partial charge in [-0.25, -0.2) is 4.79 Å². The molecule has 38 heavy (non-hydrogen) atoms. The lowest BCUT2D eigenvalue weighted by molar-refractivity contribution is -0.141. The number of hydrogen-bond donors (Lipinski definition) is 2. The predicted molar refractivity (Wildman–Crippen MR) is 140 cm³/mol. The monoisotopic (exact) mass is 512 g/mol. The topological polar surface area (TPSA) is 105 Å². The van der Waals surface area contributed by atoms with Crippen LogP contribution in [0.3, 0.4) is 0 Å². The zero-order valence-corrected chi connectivity index (χ0v) is 21.0. The summed E-state index contributed by atoms with van der Waals surface area (Å²) < 4.78 is 10.9. The summed E-state index contributed by atoms with van der Waals surface area (Å²) in [5.74, 6) is 0.0870. The molecule has 0 spiro atoms. The first-order valence-electron chi connectivity index (χ1n) is 12.8. The number of aryl methyl sites for hydroxylation is 1. The second-order valence-electron chi connectivity index (χ2n) is 10.2. The van der Waals surface area contributed by atoms with Gasteiger partial charge in [0, 0.05) is 17.8 Å². The van der Waals surface area contributed by atoms with E-state index in [0.29, 0.717) is 42.1 Å². The number of hydrogen-bond acceptors (Lipinski definition) is 5. The number of rotatable bonds is 6. The number of carboxylic acids is 1. The zero-order valence-electron chi connectivity index (χ0n) is 21.0. The molecule has 0 aromatic heterocycles. The quantitative estimate of drug-likeness (QED) is 0.494. The molecule has 0 bridgehead atoms. The van der Waals surface area contributed by atoms with E-state index in [1.807, 2.05) is 55.5 Å². The van der Waals surface area contributed by atoms with Crippen molar-refractivity contribution in [3.63, 3.8) is 0 Å². The van der Waals surface area contributed by atoms with Crippen LogP contribution in [-0.4, -0.2) is 47.2 Å². The summed E-state index contributed by atoms with van der Waals surface area (Å²) in [7, 11) is 0. The number of benzene rings is 3. The molecular weight excluding hydrogens is 484 g/mol. The Bertz CT molecular complexity index is 1440. The fraction of sp³-hybridized carbons (Fsp3) is 0.300. The number of ether oxygens (including phenoxy) is 2. The Kier molecular flexibility index (Phi) is 5.82. The third kappa shape index (κ3) is 4.16. The van der Waals surface area contributed by atoms with Crippen LogP contribution >= 0.6 is 0 Å². The van der Waals surface area contributed by atoms with E-state index in [9.17, 15) is 19.5 Å². The maximum Gasteiger partial charge on any atom is 0.326 e. The third-order valence-corrected chi connectivity index (χ3v) is 7.85. The molecule has 194 valence electrons. The van der Waals surface area contributed by atoms with E-state index in [1.54, 1.807) is 12.1 Å². The van der Waals surface area contributed by atoms with E-state index in [1.165, 1.54) is 4.90 Å². The third-order valence-electron chi connectivity index (χ3n) is 7.85. The Hall–Kier alpha value is -4.33. The van der Waals surface area contributed by atoms with Crippen molar-refractivity contribution in [3.8, 4) is 22.6 Å². The summed E-state index contributed by atoms with van der Waals surface area (Å²) in [6.07, 6.45) is 2.71. The highest BCUT2D eigenvalue weighted by atomic mass is 16.7. The molecule has 2 heterocycles. The minimum absolute atomic E-state index is 0.0503. The van der Waals surface area contributed by atoms with Gasteiger partial charge in [0.15, 0.2) is 11.5 Å². The van der Waals surface area contributed by atoms with Gasteiger partial charge in [-0.05, 0) is 91.3 Å². The number of carbonyl (C=O) groups excluding carboxylic acids is 2. The van der Waals surface area contributed by atoms with Crippen molar-refractivity contribution in [1.82, 2.24) is 4.90 Å². The number of aliphatic carboxylic acids is 1. The Labute approximate surface area is 220 Å². The van der Waals surface area contributed by atoms with Gasteiger partial charge in [-0.1, -0.05) is 24.3 Å². The van der Waals surface area contributed by atoms with Crippen LogP contribution in [-0.2, 0) is 15.0 Å². The summed E-state index contributed by atoms with van der Waals surface area (Å²) in [6.45, 7) is 2.64. The molecule has 1 atom stereocenters. The highest BCUT2D eigenvalue weighted by Gasteiger charge is 2.51. The smallest absolute Gasteiger partial charge is 0.326 e. The van der Waals surface area contributed by atoms with Crippen molar-refractivity contribution in [2.75, 3.05) is 18.7 Å². The van der Waals surface area contributed by atoms with Crippen molar-refractivity contribution in [2.24, 2.45) is 0 Å². The molecule has 0 radical (unpaired) electrons. The minimum Gasteiger partial charge on any atom is -0.480 e. The summed E-state index contributed by atoms with van der Waals surface area (Å²) in [6, 6.07) is 17.9. The second-order valence-corrected chi connectivity index (χ2v) is 10.2. The molecule has 2 fully saturated rings. The number of likely N-dealkylation sites (tertiary alicyclic amines) is 1. The minimum atomic E-state index is -0.964. The second kappa shape index (κ2) is 9.20. The maximum atomic E-state index is 13.4. The lowest BCUT2D eigenvalue weighted by atomic mass is 9.94.